The first-order chi connectivity index (χ1) is 11.1. The normalized spacial score (nSPS) is 11.0. The van der Waals surface area contributed by atoms with Gasteiger partial charge in [-0.25, -0.2) is 0 Å². The Bertz CT molecular complexity index is 767. The van der Waals surface area contributed by atoms with E-state index in [-0.39, 0.29) is 0 Å². The van der Waals surface area contributed by atoms with Crippen LogP contribution in [0.25, 0.3) is 0 Å². The van der Waals surface area contributed by atoms with Crippen LogP contribution < -0.4 is 15.9 Å². The molecule has 116 valence electrons. The fraction of sp³-hybridized carbons (Fsp3) is 0.182. The van der Waals surface area contributed by atoms with Gasteiger partial charge in [0.25, 0.3) is 0 Å². The lowest BCUT2D eigenvalue weighted by molar-refractivity contribution is 1.35. The summed E-state index contributed by atoms with van der Waals surface area (Å²) in [5.41, 5.74) is 5.46. The van der Waals surface area contributed by atoms with Gasteiger partial charge in [-0.15, -0.1) is 0 Å². The van der Waals surface area contributed by atoms with Crippen LogP contribution in [0.3, 0.4) is 0 Å². The lowest BCUT2D eigenvalue weighted by Gasteiger charge is -2.21. The van der Waals surface area contributed by atoms with E-state index in [9.17, 15) is 0 Å². The summed E-state index contributed by atoms with van der Waals surface area (Å²) in [4.78, 5) is 0. The van der Waals surface area contributed by atoms with Crippen LogP contribution in [0.4, 0.5) is 0 Å². The smallest absolute Gasteiger partial charge is 0.0134 e. The van der Waals surface area contributed by atoms with Gasteiger partial charge in [0.05, 0.1) is 0 Å². The van der Waals surface area contributed by atoms with Crippen molar-refractivity contribution in [2.75, 3.05) is 0 Å². The maximum Gasteiger partial charge on any atom is -0.0134 e. The van der Waals surface area contributed by atoms with Crippen molar-refractivity contribution in [2.45, 2.75) is 27.7 Å². The fourth-order valence-corrected chi connectivity index (χ4v) is 5.21. The molecule has 3 aromatic rings. The summed E-state index contributed by atoms with van der Waals surface area (Å²) in [5, 5.41) is 4.27. The van der Waals surface area contributed by atoms with Gasteiger partial charge < -0.3 is 0 Å². The maximum absolute atomic E-state index is 2.36. The van der Waals surface area contributed by atoms with Crippen molar-refractivity contribution in [2.24, 2.45) is 0 Å². The van der Waals surface area contributed by atoms with Crippen LogP contribution in [0.1, 0.15) is 22.3 Å². The first-order valence-corrected chi connectivity index (χ1v) is 9.40. The third-order valence-electron chi connectivity index (χ3n) is 4.51. The number of aryl methyl sites for hydroxylation is 4. The van der Waals surface area contributed by atoms with Gasteiger partial charge in [-0.1, -0.05) is 66.7 Å². The van der Waals surface area contributed by atoms with E-state index in [2.05, 4.69) is 94.4 Å². The largest absolute Gasteiger partial charge is 0.0622 e. The van der Waals surface area contributed by atoms with E-state index in [1.807, 2.05) is 0 Å². The summed E-state index contributed by atoms with van der Waals surface area (Å²) < 4.78 is 0. The Kier molecular flexibility index (Phi) is 4.64. The van der Waals surface area contributed by atoms with E-state index in [1.54, 1.807) is 0 Å². The Morgan fingerprint density at radius 2 is 0.957 bits per heavy atom. The van der Waals surface area contributed by atoms with Crippen LogP contribution in [-0.2, 0) is 0 Å². The minimum absolute atomic E-state index is 0.503. The SMILES string of the molecule is Cc1ccc(P(c2ccccc2)c2ccc(C)c(C)c2)cc1C. The molecule has 0 nitrogen and oxygen atoms in total. The van der Waals surface area contributed by atoms with Crippen molar-refractivity contribution in [1.82, 2.24) is 0 Å². The van der Waals surface area contributed by atoms with Gasteiger partial charge in [-0.3, -0.25) is 0 Å². The molecule has 0 aromatic heterocycles. The highest BCUT2D eigenvalue weighted by molar-refractivity contribution is 7.79. The van der Waals surface area contributed by atoms with Crippen molar-refractivity contribution < 1.29 is 0 Å². The minimum atomic E-state index is -0.503. The first kappa shape index (κ1) is 16.0. The van der Waals surface area contributed by atoms with E-state index >= 15 is 0 Å². The second-order valence-corrected chi connectivity index (χ2v) is 8.43. The molecule has 0 fully saturated rings. The van der Waals surface area contributed by atoms with E-state index in [0.717, 1.165) is 0 Å². The van der Waals surface area contributed by atoms with Crippen molar-refractivity contribution >= 4 is 23.8 Å². The zero-order chi connectivity index (χ0) is 16.4. The molecule has 0 aliphatic carbocycles. The molecule has 0 aliphatic heterocycles. The van der Waals surface area contributed by atoms with Gasteiger partial charge in [-0.05, 0) is 73.8 Å². The predicted octanol–water partition coefficient (Wildman–Crippen LogP) is 4.68. The fourth-order valence-electron chi connectivity index (χ4n) is 2.75. The summed E-state index contributed by atoms with van der Waals surface area (Å²) in [5.74, 6) is 0. The Balaban J connectivity index is 2.17. The molecule has 0 heterocycles. The summed E-state index contributed by atoms with van der Waals surface area (Å²) in [6, 6.07) is 24.7. The molecule has 0 saturated carbocycles. The molecule has 0 atom stereocenters. The van der Waals surface area contributed by atoms with Gasteiger partial charge >= 0.3 is 0 Å². The van der Waals surface area contributed by atoms with Crippen molar-refractivity contribution in [3.63, 3.8) is 0 Å². The molecule has 3 rings (SSSR count). The lowest BCUT2D eigenvalue weighted by Crippen LogP contribution is -2.21. The van der Waals surface area contributed by atoms with Crippen LogP contribution in [0.5, 0.6) is 0 Å². The van der Waals surface area contributed by atoms with Gasteiger partial charge in [0.1, 0.15) is 0 Å². The minimum Gasteiger partial charge on any atom is -0.0622 e. The van der Waals surface area contributed by atoms with E-state index in [1.165, 1.54) is 38.2 Å². The van der Waals surface area contributed by atoms with Crippen LogP contribution in [0, 0.1) is 27.7 Å². The Morgan fingerprint density at radius 3 is 1.39 bits per heavy atom. The molecule has 0 aliphatic rings. The monoisotopic (exact) mass is 318 g/mol. The maximum atomic E-state index is 2.36. The molecule has 0 saturated heterocycles. The summed E-state index contributed by atoms with van der Waals surface area (Å²) in [7, 11) is -0.503. The second kappa shape index (κ2) is 6.69. The average Bonchev–Trinajstić information content (AvgIpc) is 2.55. The standard InChI is InChI=1S/C22H23P/c1-16-10-12-21(14-18(16)3)23(20-8-6-5-7-9-20)22-13-11-17(2)19(4)15-22/h5-15H,1-4H3. The van der Waals surface area contributed by atoms with E-state index in [4.69, 9.17) is 0 Å². The molecule has 1 heteroatoms. The molecular formula is C22H23P. The molecule has 0 amide bonds. The van der Waals surface area contributed by atoms with Gasteiger partial charge in [0, 0.05) is 0 Å². The van der Waals surface area contributed by atoms with E-state index < -0.39 is 7.92 Å². The average molecular weight is 318 g/mol. The number of benzene rings is 3. The van der Waals surface area contributed by atoms with E-state index in [0.29, 0.717) is 0 Å². The predicted molar refractivity (Wildman–Crippen MR) is 104 cm³/mol. The second-order valence-electron chi connectivity index (χ2n) is 6.21. The molecule has 0 radical (unpaired) electrons. The van der Waals surface area contributed by atoms with Gasteiger partial charge in [0.15, 0.2) is 0 Å². The molecule has 23 heavy (non-hydrogen) atoms. The molecular weight excluding hydrogens is 295 g/mol. The topological polar surface area (TPSA) is 0 Å². The van der Waals surface area contributed by atoms with Crippen molar-refractivity contribution in [3.05, 3.63) is 89.0 Å². The van der Waals surface area contributed by atoms with Crippen molar-refractivity contribution in [1.29, 1.82) is 0 Å². The molecule has 0 N–H and O–H groups in total. The highest BCUT2D eigenvalue weighted by Gasteiger charge is 2.17. The zero-order valence-corrected chi connectivity index (χ0v) is 15.2. The molecule has 0 spiro atoms. The van der Waals surface area contributed by atoms with Crippen LogP contribution in [-0.4, -0.2) is 0 Å². The summed E-state index contributed by atoms with van der Waals surface area (Å²) in [6.07, 6.45) is 0. The quantitative estimate of drug-likeness (QED) is 0.615. The Labute approximate surface area is 141 Å². The number of rotatable bonds is 3. The third kappa shape index (κ3) is 3.38. The highest BCUT2D eigenvalue weighted by Crippen LogP contribution is 2.33. The first-order valence-electron chi connectivity index (χ1n) is 8.06. The Hall–Kier alpha value is -1.91. The number of hydrogen-bond acceptors (Lipinski definition) is 0. The molecule has 3 aromatic carbocycles. The number of hydrogen-bond donors (Lipinski definition) is 0. The third-order valence-corrected chi connectivity index (χ3v) is 6.92. The van der Waals surface area contributed by atoms with Gasteiger partial charge in [-0.2, -0.15) is 0 Å². The van der Waals surface area contributed by atoms with Crippen LogP contribution >= 0.6 is 7.92 Å². The highest BCUT2D eigenvalue weighted by atomic mass is 31.1. The van der Waals surface area contributed by atoms with Gasteiger partial charge in [0.2, 0.25) is 0 Å². The lowest BCUT2D eigenvalue weighted by atomic mass is 10.1. The molecule has 0 unspecified atom stereocenters. The zero-order valence-electron chi connectivity index (χ0n) is 14.3. The summed E-state index contributed by atoms with van der Waals surface area (Å²) in [6.45, 7) is 8.77. The van der Waals surface area contributed by atoms with Crippen LogP contribution in [0.15, 0.2) is 66.7 Å². The van der Waals surface area contributed by atoms with Crippen LogP contribution in [0.2, 0.25) is 0 Å². The Morgan fingerprint density at radius 1 is 0.478 bits per heavy atom. The molecule has 0 bridgehead atoms. The van der Waals surface area contributed by atoms with Crippen molar-refractivity contribution in [3.8, 4) is 0 Å². The summed E-state index contributed by atoms with van der Waals surface area (Å²) >= 11 is 0.